The second kappa shape index (κ2) is 8.19. The number of carbonyl (C=O) groups is 1. The van der Waals surface area contributed by atoms with Crippen molar-refractivity contribution in [2.24, 2.45) is 0 Å². The van der Waals surface area contributed by atoms with Crippen LogP contribution in [0.2, 0.25) is 0 Å². The van der Waals surface area contributed by atoms with E-state index in [0.29, 0.717) is 5.69 Å². The van der Waals surface area contributed by atoms with Crippen LogP contribution in [0.25, 0.3) is 0 Å². The Morgan fingerprint density at radius 2 is 1.67 bits per heavy atom. The zero-order valence-electron chi connectivity index (χ0n) is 14.1. The van der Waals surface area contributed by atoms with E-state index in [9.17, 15) is 13.2 Å². The van der Waals surface area contributed by atoms with Gasteiger partial charge >= 0.3 is 0 Å². The van der Waals surface area contributed by atoms with E-state index in [1.165, 1.54) is 18.3 Å². The summed E-state index contributed by atoms with van der Waals surface area (Å²) < 4.78 is 25.2. The zero-order chi connectivity index (χ0) is 19.3. The Morgan fingerprint density at radius 3 is 2.30 bits per heavy atom. The quantitative estimate of drug-likeness (QED) is 0.483. The number of hydrogen-bond acceptors (Lipinski definition) is 7. The van der Waals surface area contributed by atoms with Crippen LogP contribution in [0.1, 0.15) is 0 Å². The van der Waals surface area contributed by atoms with E-state index in [1.807, 2.05) is 18.2 Å². The molecule has 0 atom stereocenters. The topological polar surface area (TPSA) is 115 Å². The van der Waals surface area contributed by atoms with Crippen LogP contribution in [-0.2, 0) is 14.6 Å². The van der Waals surface area contributed by atoms with Crippen LogP contribution in [0.3, 0.4) is 0 Å². The molecule has 0 bridgehead atoms. The minimum Gasteiger partial charge on any atom is -0.382 e. The number of hydrogen-bond donors (Lipinski definition) is 2. The summed E-state index contributed by atoms with van der Waals surface area (Å²) in [4.78, 5) is 20.0. The highest BCUT2D eigenvalue weighted by atomic mass is 32.2. The van der Waals surface area contributed by atoms with Gasteiger partial charge in [-0.15, -0.1) is 0 Å². The molecule has 7 nitrogen and oxygen atoms in total. The molecule has 0 saturated carbocycles. The smallest absolute Gasteiger partial charge is 0.234 e. The van der Waals surface area contributed by atoms with Gasteiger partial charge in [-0.25, -0.2) is 18.4 Å². The third-order valence-electron chi connectivity index (χ3n) is 3.49. The van der Waals surface area contributed by atoms with E-state index in [2.05, 4.69) is 15.3 Å². The molecule has 0 fully saturated rings. The summed E-state index contributed by atoms with van der Waals surface area (Å²) in [5.41, 5.74) is 6.52. The fourth-order valence-corrected chi connectivity index (χ4v) is 4.12. The molecule has 3 N–H and O–H groups in total. The Kier molecular flexibility index (Phi) is 5.72. The third kappa shape index (κ3) is 4.63. The van der Waals surface area contributed by atoms with Gasteiger partial charge in [-0.05, 0) is 24.3 Å². The van der Waals surface area contributed by atoms with E-state index in [0.717, 1.165) is 11.8 Å². The van der Waals surface area contributed by atoms with Gasteiger partial charge < -0.3 is 11.1 Å². The third-order valence-corrected chi connectivity index (χ3v) is 6.14. The number of thioether (sulfide) groups is 1. The van der Waals surface area contributed by atoms with Gasteiger partial charge in [0.15, 0.2) is 5.16 Å². The van der Waals surface area contributed by atoms with E-state index in [4.69, 9.17) is 5.73 Å². The number of nitrogen functional groups attached to an aromatic ring is 1. The van der Waals surface area contributed by atoms with Crippen molar-refractivity contribution in [1.29, 1.82) is 0 Å². The monoisotopic (exact) mass is 400 g/mol. The van der Waals surface area contributed by atoms with Gasteiger partial charge in [0.05, 0.1) is 16.8 Å². The van der Waals surface area contributed by atoms with Crippen molar-refractivity contribution in [3.8, 4) is 0 Å². The number of nitrogens with zero attached hydrogens (tertiary/aromatic N) is 2. The lowest BCUT2D eigenvalue weighted by Crippen LogP contribution is -2.14. The average Bonchev–Trinajstić information content (AvgIpc) is 2.68. The first kappa shape index (κ1) is 18.9. The second-order valence-corrected chi connectivity index (χ2v) is 8.28. The Balaban J connectivity index is 1.69. The first-order chi connectivity index (χ1) is 13.0. The van der Waals surface area contributed by atoms with Gasteiger partial charge in [0, 0.05) is 5.69 Å². The Bertz CT molecular complexity index is 1040. The lowest BCUT2D eigenvalue weighted by molar-refractivity contribution is -0.113. The van der Waals surface area contributed by atoms with Gasteiger partial charge in [0.1, 0.15) is 10.7 Å². The summed E-state index contributed by atoms with van der Waals surface area (Å²) in [5, 5.41) is 2.97. The fraction of sp³-hybridized carbons (Fsp3) is 0.0556. The van der Waals surface area contributed by atoms with Crippen molar-refractivity contribution in [2.45, 2.75) is 14.9 Å². The molecule has 1 aromatic heterocycles. The first-order valence-electron chi connectivity index (χ1n) is 7.87. The van der Waals surface area contributed by atoms with Crippen LogP contribution in [0.4, 0.5) is 11.5 Å². The lowest BCUT2D eigenvalue weighted by atomic mass is 10.3. The molecular weight excluding hydrogens is 384 g/mol. The molecule has 3 rings (SSSR count). The number of nitrogens with two attached hydrogens (primary N) is 1. The molecule has 2 aromatic carbocycles. The van der Waals surface area contributed by atoms with Gasteiger partial charge in [-0.3, -0.25) is 4.79 Å². The van der Waals surface area contributed by atoms with Crippen LogP contribution < -0.4 is 11.1 Å². The molecule has 0 unspecified atom stereocenters. The average molecular weight is 400 g/mol. The predicted molar refractivity (Wildman–Crippen MR) is 104 cm³/mol. The maximum Gasteiger partial charge on any atom is 0.234 e. The molecule has 138 valence electrons. The van der Waals surface area contributed by atoms with E-state index >= 15 is 0 Å². The number of para-hydroxylation sites is 1. The van der Waals surface area contributed by atoms with Crippen LogP contribution in [-0.4, -0.2) is 30.0 Å². The summed E-state index contributed by atoms with van der Waals surface area (Å²) in [5.74, 6) is -0.312. The van der Waals surface area contributed by atoms with Gasteiger partial charge in [0.25, 0.3) is 0 Å². The highest BCUT2D eigenvalue weighted by Crippen LogP contribution is 2.25. The Hall–Kier alpha value is -2.91. The van der Waals surface area contributed by atoms with E-state index in [-0.39, 0.29) is 32.4 Å². The maximum atomic E-state index is 12.6. The Labute approximate surface area is 161 Å². The van der Waals surface area contributed by atoms with Crippen molar-refractivity contribution in [3.63, 3.8) is 0 Å². The summed E-state index contributed by atoms with van der Waals surface area (Å²) >= 11 is 1.07. The molecule has 0 saturated heterocycles. The molecular formula is C18H16N4O3S2. The molecule has 0 spiro atoms. The highest BCUT2D eigenvalue weighted by molar-refractivity contribution is 7.99. The largest absolute Gasteiger partial charge is 0.382 e. The molecule has 1 heterocycles. The SMILES string of the molecule is Nc1nc(SCC(=O)Nc2ccccc2)ncc1S(=O)(=O)c1ccccc1. The molecule has 0 aliphatic rings. The van der Waals surface area contributed by atoms with Gasteiger partial charge in [-0.1, -0.05) is 48.2 Å². The van der Waals surface area contributed by atoms with Crippen LogP contribution in [0, 0.1) is 0 Å². The molecule has 0 radical (unpaired) electrons. The molecule has 1 amide bonds. The summed E-state index contributed by atoms with van der Waals surface area (Å²) in [6.45, 7) is 0. The van der Waals surface area contributed by atoms with Gasteiger partial charge in [-0.2, -0.15) is 0 Å². The number of carbonyl (C=O) groups excluding carboxylic acids is 1. The number of nitrogens with one attached hydrogen (secondary N) is 1. The van der Waals surface area contributed by atoms with Crippen molar-refractivity contribution < 1.29 is 13.2 Å². The molecule has 0 aliphatic carbocycles. The van der Waals surface area contributed by atoms with Crippen molar-refractivity contribution in [3.05, 3.63) is 66.9 Å². The Morgan fingerprint density at radius 1 is 1.04 bits per heavy atom. The van der Waals surface area contributed by atoms with Crippen LogP contribution in [0.5, 0.6) is 0 Å². The number of aromatic nitrogens is 2. The minimum absolute atomic E-state index is 0.0686. The summed E-state index contributed by atoms with van der Waals surface area (Å²) in [7, 11) is -3.80. The van der Waals surface area contributed by atoms with Crippen LogP contribution >= 0.6 is 11.8 Å². The fourth-order valence-electron chi connectivity index (χ4n) is 2.22. The van der Waals surface area contributed by atoms with Gasteiger partial charge in [0.2, 0.25) is 15.7 Å². The summed E-state index contributed by atoms with van der Waals surface area (Å²) in [6.07, 6.45) is 1.17. The predicted octanol–water partition coefficient (Wildman–Crippen LogP) is 2.62. The highest BCUT2D eigenvalue weighted by Gasteiger charge is 2.22. The lowest BCUT2D eigenvalue weighted by Gasteiger charge is -2.08. The van der Waals surface area contributed by atoms with Crippen molar-refractivity contribution in [2.75, 3.05) is 16.8 Å². The first-order valence-corrected chi connectivity index (χ1v) is 10.3. The van der Waals surface area contributed by atoms with Crippen molar-refractivity contribution in [1.82, 2.24) is 9.97 Å². The number of amides is 1. The standard InChI is InChI=1S/C18H16N4O3S2/c19-17-15(27(24,25)14-9-5-2-6-10-14)11-20-18(22-17)26-12-16(23)21-13-7-3-1-4-8-13/h1-11H,12H2,(H,21,23)(H2,19,20,22). The second-order valence-electron chi connectivity index (χ2n) is 5.42. The molecule has 3 aromatic rings. The van der Waals surface area contributed by atoms with Crippen LogP contribution in [0.15, 0.2) is 81.8 Å². The number of sulfone groups is 1. The maximum absolute atomic E-state index is 12.6. The van der Waals surface area contributed by atoms with Crippen molar-refractivity contribution >= 4 is 39.0 Å². The minimum atomic E-state index is -3.80. The summed E-state index contributed by atoms with van der Waals surface area (Å²) in [6, 6.07) is 17.0. The molecule has 0 aliphatic heterocycles. The number of rotatable bonds is 6. The normalized spacial score (nSPS) is 11.1. The number of benzene rings is 2. The zero-order valence-corrected chi connectivity index (χ0v) is 15.7. The molecule has 27 heavy (non-hydrogen) atoms. The number of anilines is 2. The molecule has 9 heteroatoms. The van der Waals surface area contributed by atoms with E-state index < -0.39 is 9.84 Å². The van der Waals surface area contributed by atoms with E-state index in [1.54, 1.807) is 30.3 Å².